The Balaban J connectivity index is 1.70. The molecule has 2 aliphatic rings. The molecule has 3 amide bonds. The van der Waals surface area contributed by atoms with E-state index in [0.29, 0.717) is 37.3 Å². The van der Waals surface area contributed by atoms with Crippen LogP contribution in [0.3, 0.4) is 0 Å². The van der Waals surface area contributed by atoms with Crippen molar-refractivity contribution in [2.75, 3.05) is 19.6 Å². The molecule has 2 fully saturated rings. The van der Waals surface area contributed by atoms with E-state index in [0.717, 1.165) is 38.0 Å². The van der Waals surface area contributed by atoms with Crippen LogP contribution in [0, 0.1) is 5.92 Å². The second kappa shape index (κ2) is 9.81. The molecule has 1 aromatic carbocycles. The molecule has 2 saturated heterocycles. The molecule has 1 spiro atoms. The molecule has 3 rings (SSSR count). The zero-order valence-electron chi connectivity index (χ0n) is 19.0. The predicted molar refractivity (Wildman–Crippen MR) is 120 cm³/mol. The van der Waals surface area contributed by atoms with Gasteiger partial charge in [0, 0.05) is 31.7 Å². The highest BCUT2D eigenvalue weighted by atomic mass is 16.2. The number of likely N-dealkylation sites (tertiary alicyclic amines) is 1. The summed E-state index contributed by atoms with van der Waals surface area (Å²) in [5.41, 5.74) is 6.19. The molecule has 1 aromatic rings. The summed E-state index contributed by atoms with van der Waals surface area (Å²) < 4.78 is 0. The predicted octanol–water partition coefficient (Wildman–Crippen LogP) is 2.29. The van der Waals surface area contributed by atoms with Crippen LogP contribution in [0.25, 0.3) is 0 Å². The molecular formula is C24H36N4O3. The van der Waals surface area contributed by atoms with Crippen molar-refractivity contribution < 1.29 is 14.4 Å². The minimum atomic E-state index is -0.730. The van der Waals surface area contributed by atoms with Gasteiger partial charge in [-0.15, -0.1) is 0 Å². The zero-order chi connectivity index (χ0) is 22.6. The van der Waals surface area contributed by atoms with Crippen molar-refractivity contribution in [3.05, 3.63) is 35.4 Å². The van der Waals surface area contributed by atoms with E-state index in [-0.39, 0.29) is 11.8 Å². The largest absolute Gasteiger partial charge is 0.366 e. The van der Waals surface area contributed by atoms with Crippen LogP contribution < -0.4 is 11.1 Å². The lowest BCUT2D eigenvalue weighted by Crippen LogP contribution is -2.73. The molecule has 0 bridgehead atoms. The summed E-state index contributed by atoms with van der Waals surface area (Å²) in [5, 5.41) is 3.05. The minimum Gasteiger partial charge on any atom is -0.366 e. The maximum absolute atomic E-state index is 13.3. The summed E-state index contributed by atoms with van der Waals surface area (Å²) in [7, 11) is 0. The molecule has 170 valence electrons. The number of piperazine rings is 1. The number of amides is 3. The van der Waals surface area contributed by atoms with Crippen LogP contribution in [-0.2, 0) is 16.1 Å². The van der Waals surface area contributed by atoms with Crippen LogP contribution in [0.1, 0.15) is 68.8 Å². The van der Waals surface area contributed by atoms with Gasteiger partial charge in [-0.3, -0.25) is 19.3 Å². The SMILES string of the molecule is CCCCN1C(=O)C(CC(C)C)NC(=O)C12CCN(Cc1ccc(C(N)=O)cc1)CC2. The molecule has 0 saturated carbocycles. The van der Waals surface area contributed by atoms with E-state index in [1.54, 1.807) is 12.1 Å². The van der Waals surface area contributed by atoms with Crippen molar-refractivity contribution >= 4 is 17.7 Å². The molecule has 3 N–H and O–H groups in total. The summed E-state index contributed by atoms with van der Waals surface area (Å²) in [5.74, 6) is 0.0121. The number of nitrogens with two attached hydrogens (primary N) is 1. The van der Waals surface area contributed by atoms with Crippen LogP contribution in [-0.4, -0.2) is 58.7 Å². The Morgan fingerprint density at radius 3 is 2.39 bits per heavy atom. The number of nitrogens with zero attached hydrogens (tertiary/aromatic N) is 2. The van der Waals surface area contributed by atoms with Crippen LogP contribution in [0.4, 0.5) is 0 Å². The van der Waals surface area contributed by atoms with E-state index in [1.165, 1.54) is 0 Å². The first-order chi connectivity index (χ1) is 14.8. The lowest BCUT2D eigenvalue weighted by Gasteiger charge is -2.52. The highest BCUT2D eigenvalue weighted by Crippen LogP contribution is 2.34. The first-order valence-corrected chi connectivity index (χ1v) is 11.5. The summed E-state index contributed by atoms with van der Waals surface area (Å²) in [6.45, 7) is 9.15. The van der Waals surface area contributed by atoms with Gasteiger partial charge in [0.2, 0.25) is 17.7 Å². The third-order valence-corrected chi connectivity index (χ3v) is 6.58. The molecule has 0 aliphatic carbocycles. The van der Waals surface area contributed by atoms with Crippen LogP contribution in [0.5, 0.6) is 0 Å². The van der Waals surface area contributed by atoms with Gasteiger partial charge in [0.1, 0.15) is 11.6 Å². The normalized spacial score (nSPS) is 21.5. The quantitative estimate of drug-likeness (QED) is 0.664. The third-order valence-electron chi connectivity index (χ3n) is 6.58. The first-order valence-electron chi connectivity index (χ1n) is 11.5. The van der Waals surface area contributed by atoms with E-state index in [4.69, 9.17) is 5.73 Å². The summed E-state index contributed by atoms with van der Waals surface area (Å²) in [4.78, 5) is 42.1. The number of unbranched alkanes of at least 4 members (excludes halogenated alkanes) is 1. The maximum atomic E-state index is 13.3. The molecule has 31 heavy (non-hydrogen) atoms. The van der Waals surface area contributed by atoms with Gasteiger partial charge in [0.15, 0.2) is 0 Å². The van der Waals surface area contributed by atoms with Crippen LogP contribution in [0.15, 0.2) is 24.3 Å². The number of nitrogens with one attached hydrogen (secondary N) is 1. The topological polar surface area (TPSA) is 95.7 Å². The molecule has 0 radical (unpaired) electrons. The van der Waals surface area contributed by atoms with Gasteiger partial charge in [-0.25, -0.2) is 0 Å². The van der Waals surface area contributed by atoms with Crippen molar-refractivity contribution in [3.63, 3.8) is 0 Å². The van der Waals surface area contributed by atoms with E-state index in [1.807, 2.05) is 17.0 Å². The maximum Gasteiger partial charge on any atom is 0.248 e. The number of carbonyl (C=O) groups excluding carboxylic acids is 3. The van der Waals surface area contributed by atoms with Gasteiger partial charge >= 0.3 is 0 Å². The van der Waals surface area contributed by atoms with Crippen molar-refractivity contribution in [1.82, 2.24) is 15.1 Å². The monoisotopic (exact) mass is 428 g/mol. The minimum absolute atomic E-state index is 0.0133. The first kappa shape index (κ1) is 23.3. The van der Waals surface area contributed by atoms with Crippen molar-refractivity contribution in [2.24, 2.45) is 11.7 Å². The van der Waals surface area contributed by atoms with Crippen LogP contribution in [0.2, 0.25) is 0 Å². The molecule has 7 heteroatoms. The Labute approximate surface area is 185 Å². The molecule has 2 aliphatic heterocycles. The molecule has 2 heterocycles. The summed E-state index contributed by atoms with van der Waals surface area (Å²) >= 11 is 0. The van der Waals surface area contributed by atoms with Gasteiger partial charge in [0.05, 0.1) is 0 Å². The average molecular weight is 429 g/mol. The number of piperidine rings is 1. The van der Waals surface area contributed by atoms with Crippen molar-refractivity contribution in [3.8, 4) is 0 Å². The Morgan fingerprint density at radius 1 is 1.19 bits per heavy atom. The van der Waals surface area contributed by atoms with Gasteiger partial charge in [-0.1, -0.05) is 39.3 Å². The Kier molecular flexibility index (Phi) is 7.36. The smallest absolute Gasteiger partial charge is 0.248 e. The Bertz CT molecular complexity index is 798. The van der Waals surface area contributed by atoms with Gasteiger partial charge < -0.3 is 16.0 Å². The van der Waals surface area contributed by atoms with Gasteiger partial charge in [-0.05, 0) is 49.3 Å². The van der Waals surface area contributed by atoms with Gasteiger partial charge in [-0.2, -0.15) is 0 Å². The van der Waals surface area contributed by atoms with Crippen molar-refractivity contribution in [1.29, 1.82) is 0 Å². The molecular weight excluding hydrogens is 392 g/mol. The summed E-state index contributed by atoms with van der Waals surface area (Å²) in [6.07, 6.45) is 3.86. The van der Waals surface area contributed by atoms with E-state index in [9.17, 15) is 14.4 Å². The van der Waals surface area contributed by atoms with Crippen LogP contribution >= 0.6 is 0 Å². The Hall–Kier alpha value is -2.41. The van der Waals surface area contributed by atoms with E-state index in [2.05, 4.69) is 31.0 Å². The lowest BCUT2D eigenvalue weighted by atomic mass is 9.80. The fourth-order valence-electron chi connectivity index (χ4n) is 4.76. The zero-order valence-corrected chi connectivity index (χ0v) is 19.0. The van der Waals surface area contributed by atoms with Gasteiger partial charge in [0.25, 0.3) is 0 Å². The second-order valence-electron chi connectivity index (χ2n) is 9.37. The third kappa shape index (κ3) is 5.09. The number of rotatable bonds is 8. The second-order valence-corrected chi connectivity index (χ2v) is 9.37. The highest BCUT2D eigenvalue weighted by Gasteiger charge is 2.53. The number of primary amides is 1. The van der Waals surface area contributed by atoms with Crippen molar-refractivity contribution in [2.45, 2.75) is 71.0 Å². The Morgan fingerprint density at radius 2 is 1.84 bits per heavy atom. The number of hydrogen-bond donors (Lipinski definition) is 2. The number of carbonyl (C=O) groups is 3. The summed E-state index contributed by atoms with van der Waals surface area (Å²) in [6, 6.07) is 6.93. The molecule has 7 nitrogen and oxygen atoms in total. The standard InChI is InChI=1S/C24H36N4O3/c1-4-5-12-28-22(30)20(15-17(2)3)26-23(31)24(28)10-13-27(14-11-24)16-18-6-8-19(9-7-18)21(25)29/h6-9,17,20H,4-5,10-16H2,1-3H3,(H2,25,29)(H,26,31). The molecule has 1 atom stereocenters. The molecule has 0 aromatic heterocycles. The van der Waals surface area contributed by atoms with E-state index < -0.39 is 17.5 Å². The number of benzene rings is 1. The average Bonchev–Trinajstić information content (AvgIpc) is 2.73. The molecule has 1 unspecified atom stereocenters. The van der Waals surface area contributed by atoms with E-state index >= 15 is 0 Å². The fourth-order valence-corrected chi connectivity index (χ4v) is 4.76. The lowest BCUT2D eigenvalue weighted by molar-refractivity contribution is -0.161. The highest BCUT2D eigenvalue weighted by molar-refractivity contribution is 6.00. The number of hydrogen-bond acceptors (Lipinski definition) is 4. The fraction of sp³-hybridized carbons (Fsp3) is 0.625.